The van der Waals surface area contributed by atoms with Crippen molar-refractivity contribution in [1.82, 2.24) is 130 Å². The van der Waals surface area contributed by atoms with Gasteiger partial charge in [-0.15, -0.1) is 0 Å². The zero-order valence-corrected chi connectivity index (χ0v) is 82.0. The van der Waals surface area contributed by atoms with Gasteiger partial charge in [0.15, 0.2) is 63.4 Å². The Labute approximate surface area is 814 Å². The second-order valence-electron chi connectivity index (χ2n) is 36.6. The number of fused-ring (bicyclic) bond motifs is 4. The van der Waals surface area contributed by atoms with Crippen molar-refractivity contribution >= 4 is 50.6 Å². The smallest absolute Gasteiger partial charge is 0.363 e. The van der Waals surface area contributed by atoms with Crippen LogP contribution >= 0.6 is 0 Å². The number of aryl methyl sites for hydroxylation is 8. The number of nitrogens with two attached hydrogens (primary N) is 1. The molecule has 2 N–H and O–H groups in total. The first-order valence-electron chi connectivity index (χ1n) is 46.5. The molecular weight excluding hydrogens is 1800 g/mol. The number of aromatic nitrogens is 27. The summed E-state index contributed by atoms with van der Waals surface area (Å²) in [6, 6.07) is 63.1. The van der Waals surface area contributed by atoms with Gasteiger partial charge < -0.3 is 10.3 Å². The molecule has 0 aliphatic carbocycles. The molecule has 0 unspecified atom stereocenters. The quantitative estimate of drug-likeness (QED) is 0.0658. The van der Waals surface area contributed by atoms with Crippen molar-refractivity contribution in [3.63, 3.8) is 0 Å². The van der Waals surface area contributed by atoms with Gasteiger partial charge in [0.1, 0.15) is 27.9 Å². The molecule has 0 saturated carbocycles. The van der Waals surface area contributed by atoms with Gasteiger partial charge in [0, 0.05) is 106 Å². The molecule has 142 heavy (non-hydrogen) atoms. The Morgan fingerprint density at radius 3 is 0.880 bits per heavy atom. The van der Waals surface area contributed by atoms with Gasteiger partial charge >= 0.3 is 28.9 Å². The second kappa shape index (κ2) is 39.9. The summed E-state index contributed by atoms with van der Waals surface area (Å²) >= 11 is 0. The van der Waals surface area contributed by atoms with E-state index in [-0.39, 0.29) is 46.9 Å². The van der Waals surface area contributed by atoms with Gasteiger partial charge in [-0.1, -0.05) is 250 Å². The number of alkyl halides is 3. The molecule has 20 aromatic rings. The predicted molar refractivity (Wildman–Crippen MR) is 541 cm³/mol. The molecule has 0 radical (unpaired) electrons. The molecule has 0 aliphatic rings. The van der Waals surface area contributed by atoms with Crippen LogP contribution in [-0.4, -0.2) is 136 Å². The molecule has 722 valence electrons. The Morgan fingerprint density at radius 1 is 0.338 bits per heavy atom. The van der Waals surface area contributed by atoms with E-state index >= 15 is 0 Å². The molecule has 0 atom stereocenters. The molecule has 0 spiro atoms. The van der Waals surface area contributed by atoms with E-state index in [9.17, 15) is 37.1 Å². The van der Waals surface area contributed by atoms with Gasteiger partial charge in [-0.05, 0) is 89.0 Å². The summed E-state index contributed by atoms with van der Waals surface area (Å²) in [7, 11) is 11.6. The Morgan fingerprint density at radius 2 is 0.620 bits per heavy atom. The zero-order valence-electron chi connectivity index (χ0n) is 82.0. The minimum Gasteiger partial charge on any atom is -0.363 e. The van der Waals surface area contributed by atoms with Crippen molar-refractivity contribution in [2.45, 2.75) is 138 Å². The van der Waals surface area contributed by atoms with E-state index in [1.165, 1.54) is 27.4 Å². The largest absolute Gasteiger partial charge is 0.451 e. The molecular formula is C106H107F3N28O5. The van der Waals surface area contributed by atoms with Gasteiger partial charge in [-0.25, -0.2) is 88.3 Å². The number of halogens is 3. The van der Waals surface area contributed by atoms with Gasteiger partial charge in [0.2, 0.25) is 11.6 Å². The average Bonchev–Trinajstić information content (AvgIpc) is 1.62. The number of nitrogens with zero attached hydrogens (tertiary/aromatic N) is 27. The van der Waals surface area contributed by atoms with Crippen molar-refractivity contribution < 1.29 is 18.0 Å². The topological polar surface area (TPSA) is 364 Å². The van der Waals surface area contributed by atoms with Crippen LogP contribution in [0.25, 0.3) is 136 Å². The fraction of sp³-hybridized carbons (Fsp3) is 0.264. The number of carbonyl (C=O) groups is 1. The van der Waals surface area contributed by atoms with Crippen LogP contribution in [0.2, 0.25) is 0 Å². The minimum atomic E-state index is -4.59. The molecule has 1 amide bonds. The molecule has 20 rings (SSSR count). The molecule has 0 aliphatic heterocycles. The summed E-state index contributed by atoms with van der Waals surface area (Å²) in [6.07, 6.45) is 6.18. The second-order valence-corrected chi connectivity index (χ2v) is 36.6. The van der Waals surface area contributed by atoms with Crippen molar-refractivity contribution in [3.8, 4) is 91.0 Å². The monoisotopic (exact) mass is 1910 g/mol. The van der Waals surface area contributed by atoms with Crippen LogP contribution in [0.15, 0.2) is 251 Å². The summed E-state index contributed by atoms with van der Waals surface area (Å²) in [5.74, 6) is 3.96. The van der Waals surface area contributed by atoms with E-state index in [1.807, 2.05) is 160 Å². The maximum absolute atomic E-state index is 13.1. The predicted octanol–water partition coefficient (Wildman–Crippen LogP) is 17.1. The van der Waals surface area contributed by atoms with E-state index < -0.39 is 17.9 Å². The van der Waals surface area contributed by atoms with Crippen molar-refractivity contribution in [2.24, 2.45) is 55.1 Å². The molecule has 12 aromatic heterocycles. The highest BCUT2D eigenvalue weighted by Gasteiger charge is 2.38. The van der Waals surface area contributed by atoms with Crippen LogP contribution in [0, 0.1) is 6.92 Å². The Hall–Kier alpha value is -17.0. The highest BCUT2D eigenvalue weighted by molar-refractivity contribution is 5.89. The number of benzene rings is 8. The molecule has 8 aromatic carbocycles. The Balaban J connectivity index is 0.000000130. The summed E-state index contributed by atoms with van der Waals surface area (Å²) in [6.45, 7) is 24.7. The number of amides is 1. The zero-order chi connectivity index (χ0) is 101. The molecule has 33 nitrogen and oxygen atoms in total. The number of rotatable bonds is 22. The van der Waals surface area contributed by atoms with Crippen LogP contribution in [0.3, 0.4) is 0 Å². The summed E-state index contributed by atoms with van der Waals surface area (Å²) in [4.78, 5) is 118. The van der Waals surface area contributed by atoms with Crippen LogP contribution in [-0.2, 0) is 81.7 Å². The van der Waals surface area contributed by atoms with Crippen molar-refractivity contribution in [3.05, 3.63) is 335 Å². The maximum Gasteiger partial charge on any atom is 0.451 e. The number of imidazole rings is 5. The van der Waals surface area contributed by atoms with Gasteiger partial charge in [-0.2, -0.15) is 28.5 Å². The first-order chi connectivity index (χ1) is 67.9. The lowest BCUT2D eigenvalue weighted by atomic mass is 9.97. The maximum atomic E-state index is 13.1. The lowest BCUT2D eigenvalue weighted by Gasteiger charge is -2.11. The highest BCUT2D eigenvalue weighted by atomic mass is 19.4. The Bertz CT molecular complexity index is 8360. The SMILES string of the molecule is CC(C)c1ccccc1-c1ncc2c(n1)n(Cc1ccc(-c3cn(C(C)C)cn3)cc1)c(=O)n2C.CC(C)c1ccccc1-c1ncc2c(n1)n(Cc1ccc(-c3nc(C(F)(F)F)n(C)n3)cc1)c(=O)n2C.CC(C)c1ccccc1-c1ncc2c(n1)n(Cc1ccc(-c3nc(C(N)=O)n(C)n3)cc1)c(=O)n2C.Cc1nc(-c2ccc(Cn3c(=O)n(C)c4cnc(-c5ccccc5C(C)C)nc43)cc2)nn1C. The summed E-state index contributed by atoms with van der Waals surface area (Å²) in [5, 5.41) is 12.6. The number of primary amides is 1. The third kappa shape index (κ3) is 19.6. The van der Waals surface area contributed by atoms with Gasteiger partial charge in [-0.3, -0.25) is 46.0 Å². The number of hydrogen-bond donors (Lipinski definition) is 1. The average molecular weight is 1910 g/mol. The van der Waals surface area contributed by atoms with E-state index in [2.05, 4.69) is 166 Å². The van der Waals surface area contributed by atoms with Gasteiger partial charge in [0.25, 0.3) is 5.91 Å². The van der Waals surface area contributed by atoms with E-state index in [4.69, 9.17) is 25.7 Å². The molecule has 0 fully saturated rings. The van der Waals surface area contributed by atoms with Gasteiger partial charge in [0.05, 0.1) is 63.0 Å². The highest BCUT2D eigenvalue weighted by Crippen LogP contribution is 2.36. The third-order valence-electron chi connectivity index (χ3n) is 25.3. The first-order valence-corrected chi connectivity index (χ1v) is 46.5. The lowest BCUT2D eigenvalue weighted by Crippen LogP contribution is -2.22. The fourth-order valence-corrected chi connectivity index (χ4v) is 17.2. The van der Waals surface area contributed by atoms with Crippen molar-refractivity contribution in [1.29, 1.82) is 0 Å². The molecule has 36 heteroatoms. The summed E-state index contributed by atoms with van der Waals surface area (Å²) < 4.78 is 58.1. The molecule has 12 heterocycles. The van der Waals surface area contributed by atoms with Crippen LogP contribution in [0.4, 0.5) is 13.2 Å². The fourth-order valence-electron chi connectivity index (χ4n) is 17.2. The van der Waals surface area contributed by atoms with Crippen LogP contribution in [0.1, 0.15) is 166 Å². The van der Waals surface area contributed by atoms with Crippen LogP contribution < -0.4 is 28.5 Å². The Kier molecular flexibility index (Phi) is 27.2. The third-order valence-corrected chi connectivity index (χ3v) is 25.3. The first kappa shape index (κ1) is 96.7. The lowest BCUT2D eigenvalue weighted by molar-refractivity contribution is -0.147. The van der Waals surface area contributed by atoms with Crippen LogP contribution in [0.5, 0.6) is 0 Å². The van der Waals surface area contributed by atoms with Crippen molar-refractivity contribution in [2.75, 3.05) is 0 Å². The number of hydrogen-bond acceptors (Lipinski definition) is 20. The standard InChI is InChI=1S/C28H30N6O.C26H24F3N7O.C26H26N8O2.C26H27N7O/c1-18(2)22-8-6-7-9-23(22)26-29-14-25-27(31-26)34(28(35)32(25)5)15-20-10-12-21(13-11-20)24-16-33(17-30-24)19(3)4;1-15(2)18-7-5-6-8-19(18)22-30-13-20-23(31-22)36(25(37)34(20)3)14-16-9-11-17(12-10-16)21-32-24(26(27,28)29)35(4)33-21;1-15(2)18-7-5-6-8-19(18)23-28-13-20-24(30-23)34(26(36)32(20)3)14-16-9-11-17(12-10-16)22-29-25(21(27)35)33(4)31-22;1-16(2)20-8-6-7-9-21(20)24-27-14-22-25(29-24)33(26(34)31(22)4)15-18-10-12-19(13-11-18)23-28-17(3)32(5)30-23/h6-14,16-19H,15H2,1-5H3;5-13,15H,14H2,1-4H3;5-13,15H,14H2,1-4H3,(H2,27,35);6-14,16H,15H2,1-5H3. The normalized spacial score (nSPS) is 11.7. The van der Waals surface area contributed by atoms with E-state index in [0.717, 1.165) is 89.4 Å². The summed E-state index contributed by atoms with van der Waals surface area (Å²) in [5.41, 5.74) is 26.0. The van der Waals surface area contributed by atoms with E-state index in [1.54, 1.807) is 121 Å². The minimum absolute atomic E-state index is 0.0232. The molecule has 0 saturated heterocycles. The number of carbonyl (C=O) groups excluding carboxylic acids is 1. The van der Waals surface area contributed by atoms with E-state index in [0.29, 0.717) is 128 Å². The molecule has 0 bridgehead atoms.